The molecule has 0 bridgehead atoms. The minimum atomic E-state index is -0.113. The average molecular weight is 293 g/mol. The van der Waals surface area contributed by atoms with Crippen molar-refractivity contribution in [3.8, 4) is 11.8 Å². The Kier molecular flexibility index (Phi) is 5.22. The second-order valence-corrected chi connectivity index (χ2v) is 5.75. The van der Waals surface area contributed by atoms with Gasteiger partial charge in [-0.05, 0) is 55.0 Å². The summed E-state index contributed by atoms with van der Waals surface area (Å²) in [4.78, 5) is 0. The fourth-order valence-corrected chi connectivity index (χ4v) is 2.83. The van der Waals surface area contributed by atoms with Gasteiger partial charge in [-0.3, -0.25) is 0 Å². The van der Waals surface area contributed by atoms with E-state index in [4.69, 9.17) is 4.74 Å². The molecular formula is C20H23NO. The van der Waals surface area contributed by atoms with E-state index in [2.05, 4.69) is 57.2 Å². The van der Waals surface area contributed by atoms with E-state index in [9.17, 15) is 5.26 Å². The summed E-state index contributed by atoms with van der Waals surface area (Å²) in [7, 11) is 1.70. The van der Waals surface area contributed by atoms with Gasteiger partial charge in [-0.25, -0.2) is 0 Å². The molecule has 1 atom stereocenters. The third kappa shape index (κ3) is 3.49. The summed E-state index contributed by atoms with van der Waals surface area (Å²) in [5.41, 5.74) is 5.89. The van der Waals surface area contributed by atoms with Gasteiger partial charge in [0.15, 0.2) is 0 Å². The monoisotopic (exact) mass is 293 g/mol. The van der Waals surface area contributed by atoms with Crippen LogP contribution in [0.15, 0.2) is 36.4 Å². The van der Waals surface area contributed by atoms with Crippen molar-refractivity contribution in [1.82, 2.24) is 0 Å². The summed E-state index contributed by atoms with van der Waals surface area (Å²) in [5, 5.41) is 9.61. The molecule has 0 heterocycles. The van der Waals surface area contributed by atoms with Crippen molar-refractivity contribution in [2.45, 2.75) is 39.5 Å². The van der Waals surface area contributed by atoms with Crippen molar-refractivity contribution in [2.24, 2.45) is 0 Å². The fraction of sp³-hybridized carbons (Fsp3) is 0.350. The third-order valence-corrected chi connectivity index (χ3v) is 4.13. The molecule has 2 aromatic carbocycles. The first kappa shape index (κ1) is 16.1. The van der Waals surface area contributed by atoms with Gasteiger partial charge < -0.3 is 4.74 Å². The molecule has 0 N–H and O–H groups in total. The molecular weight excluding hydrogens is 270 g/mol. The first-order valence-corrected chi connectivity index (χ1v) is 7.71. The Morgan fingerprint density at radius 2 is 1.91 bits per heavy atom. The fourth-order valence-electron chi connectivity index (χ4n) is 2.83. The second kappa shape index (κ2) is 7.13. The van der Waals surface area contributed by atoms with Crippen LogP contribution < -0.4 is 4.74 Å². The lowest BCUT2D eigenvalue weighted by Gasteiger charge is -2.15. The van der Waals surface area contributed by atoms with Gasteiger partial charge in [-0.1, -0.05) is 42.8 Å². The summed E-state index contributed by atoms with van der Waals surface area (Å²) in [6.07, 6.45) is 1.66. The SMILES string of the molecule is CCc1cc(CC(C#N)c2cc(C)ccc2C)ccc1OC. The second-order valence-electron chi connectivity index (χ2n) is 5.75. The van der Waals surface area contributed by atoms with E-state index in [1.165, 1.54) is 22.3 Å². The maximum absolute atomic E-state index is 9.61. The van der Waals surface area contributed by atoms with Crippen molar-refractivity contribution in [2.75, 3.05) is 7.11 Å². The van der Waals surface area contributed by atoms with Crippen molar-refractivity contribution < 1.29 is 4.74 Å². The molecule has 0 amide bonds. The summed E-state index contributed by atoms with van der Waals surface area (Å²) >= 11 is 0. The molecule has 2 heteroatoms. The molecule has 0 aliphatic carbocycles. The lowest BCUT2D eigenvalue weighted by atomic mass is 9.88. The summed E-state index contributed by atoms with van der Waals surface area (Å²) < 4.78 is 5.38. The van der Waals surface area contributed by atoms with E-state index >= 15 is 0 Å². The number of nitrogens with zero attached hydrogens (tertiary/aromatic N) is 1. The lowest BCUT2D eigenvalue weighted by Crippen LogP contribution is -2.04. The van der Waals surface area contributed by atoms with Crippen LogP contribution in [0.5, 0.6) is 5.75 Å². The highest BCUT2D eigenvalue weighted by Crippen LogP contribution is 2.27. The van der Waals surface area contributed by atoms with Gasteiger partial charge in [0.1, 0.15) is 5.75 Å². The topological polar surface area (TPSA) is 33.0 Å². The van der Waals surface area contributed by atoms with Crippen LogP contribution in [0.25, 0.3) is 0 Å². The van der Waals surface area contributed by atoms with Crippen LogP contribution in [-0.2, 0) is 12.8 Å². The van der Waals surface area contributed by atoms with Gasteiger partial charge in [-0.2, -0.15) is 5.26 Å². The minimum absolute atomic E-state index is 0.113. The number of hydrogen-bond donors (Lipinski definition) is 0. The van der Waals surface area contributed by atoms with E-state index in [0.717, 1.165) is 24.2 Å². The quantitative estimate of drug-likeness (QED) is 0.798. The largest absolute Gasteiger partial charge is 0.496 e. The number of nitriles is 1. The van der Waals surface area contributed by atoms with Gasteiger partial charge in [0.25, 0.3) is 0 Å². The number of ether oxygens (including phenoxy) is 1. The number of benzene rings is 2. The van der Waals surface area contributed by atoms with E-state index in [1.54, 1.807) is 7.11 Å². The maximum Gasteiger partial charge on any atom is 0.122 e. The zero-order valence-electron chi connectivity index (χ0n) is 13.8. The van der Waals surface area contributed by atoms with Gasteiger partial charge in [0.2, 0.25) is 0 Å². The maximum atomic E-state index is 9.61. The summed E-state index contributed by atoms with van der Waals surface area (Å²) in [6.45, 7) is 6.26. The number of methoxy groups -OCH3 is 1. The molecule has 0 saturated carbocycles. The normalized spacial score (nSPS) is 11.8. The Morgan fingerprint density at radius 3 is 2.55 bits per heavy atom. The Morgan fingerprint density at radius 1 is 1.14 bits per heavy atom. The molecule has 0 aliphatic heterocycles. The number of aryl methyl sites for hydroxylation is 3. The van der Waals surface area contributed by atoms with Crippen LogP contribution in [0.1, 0.15) is 40.7 Å². The molecule has 2 rings (SSSR count). The van der Waals surface area contributed by atoms with Crippen molar-refractivity contribution in [1.29, 1.82) is 5.26 Å². The minimum Gasteiger partial charge on any atom is -0.496 e. The number of hydrogen-bond acceptors (Lipinski definition) is 2. The smallest absolute Gasteiger partial charge is 0.122 e. The van der Waals surface area contributed by atoms with Crippen molar-refractivity contribution in [3.05, 3.63) is 64.2 Å². The molecule has 0 aliphatic rings. The zero-order valence-corrected chi connectivity index (χ0v) is 13.8. The Bertz CT molecular complexity index is 697. The molecule has 2 nitrogen and oxygen atoms in total. The predicted octanol–water partition coefficient (Wildman–Crippen LogP) is 4.72. The van der Waals surface area contributed by atoms with Crippen LogP contribution >= 0.6 is 0 Å². The molecule has 114 valence electrons. The Balaban J connectivity index is 2.31. The van der Waals surface area contributed by atoms with E-state index in [0.29, 0.717) is 0 Å². The molecule has 1 unspecified atom stereocenters. The molecule has 2 aromatic rings. The highest BCUT2D eigenvalue weighted by Gasteiger charge is 2.15. The molecule has 0 radical (unpaired) electrons. The van der Waals surface area contributed by atoms with Crippen molar-refractivity contribution in [3.63, 3.8) is 0 Å². The van der Waals surface area contributed by atoms with Crippen LogP contribution in [-0.4, -0.2) is 7.11 Å². The van der Waals surface area contributed by atoms with E-state index in [1.807, 2.05) is 6.07 Å². The first-order chi connectivity index (χ1) is 10.6. The Labute approximate surface area is 133 Å². The summed E-state index contributed by atoms with van der Waals surface area (Å²) in [5.74, 6) is 0.810. The van der Waals surface area contributed by atoms with Crippen LogP contribution in [0.2, 0.25) is 0 Å². The molecule has 0 spiro atoms. The van der Waals surface area contributed by atoms with Gasteiger partial charge in [-0.15, -0.1) is 0 Å². The van der Waals surface area contributed by atoms with E-state index in [-0.39, 0.29) is 5.92 Å². The Hall–Kier alpha value is -2.27. The average Bonchev–Trinajstić information content (AvgIpc) is 2.54. The molecule has 0 aromatic heterocycles. The van der Waals surface area contributed by atoms with Gasteiger partial charge >= 0.3 is 0 Å². The lowest BCUT2D eigenvalue weighted by molar-refractivity contribution is 0.410. The van der Waals surface area contributed by atoms with Crippen LogP contribution in [0.3, 0.4) is 0 Å². The third-order valence-electron chi connectivity index (χ3n) is 4.13. The first-order valence-electron chi connectivity index (χ1n) is 7.71. The van der Waals surface area contributed by atoms with Crippen LogP contribution in [0.4, 0.5) is 0 Å². The highest BCUT2D eigenvalue weighted by atomic mass is 16.5. The molecule has 0 fully saturated rings. The molecule has 0 saturated heterocycles. The van der Waals surface area contributed by atoms with Gasteiger partial charge in [0, 0.05) is 0 Å². The molecule has 22 heavy (non-hydrogen) atoms. The predicted molar refractivity (Wildman–Crippen MR) is 90.3 cm³/mol. The van der Waals surface area contributed by atoms with Crippen molar-refractivity contribution >= 4 is 0 Å². The van der Waals surface area contributed by atoms with E-state index < -0.39 is 0 Å². The number of rotatable bonds is 5. The van der Waals surface area contributed by atoms with Crippen LogP contribution in [0, 0.1) is 25.2 Å². The van der Waals surface area contributed by atoms with Gasteiger partial charge in [0.05, 0.1) is 19.1 Å². The highest BCUT2D eigenvalue weighted by molar-refractivity contribution is 5.41. The zero-order chi connectivity index (χ0) is 16.1. The standard InChI is InChI=1S/C20H23NO/c1-5-17-11-16(8-9-20(17)22-4)12-18(13-21)19-10-14(2)6-7-15(19)3/h6-11,18H,5,12H2,1-4H3. The summed E-state index contributed by atoms with van der Waals surface area (Å²) in [6, 6.07) is 15.0.